The Labute approximate surface area is 358 Å². The van der Waals surface area contributed by atoms with Crippen molar-refractivity contribution in [2.45, 2.75) is 103 Å². The molecule has 0 saturated carbocycles. The van der Waals surface area contributed by atoms with Gasteiger partial charge in [-0.2, -0.15) is 0 Å². The summed E-state index contributed by atoms with van der Waals surface area (Å²) in [6.45, 7) is 6.41. The lowest BCUT2D eigenvalue weighted by Gasteiger charge is -2.20. The van der Waals surface area contributed by atoms with Gasteiger partial charge in [-0.05, 0) is 75.1 Å². The van der Waals surface area contributed by atoms with Gasteiger partial charge in [0, 0.05) is 51.2 Å². The quantitative estimate of drug-likeness (QED) is 0.0759. The zero-order chi connectivity index (χ0) is 44.3. The first-order valence-corrected chi connectivity index (χ1v) is 22.5. The van der Waals surface area contributed by atoms with Crippen molar-refractivity contribution >= 4 is 33.9 Å². The van der Waals surface area contributed by atoms with Crippen LogP contribution in [0.1, 0.15) is 102 Å². The molecular weight excluding hydrogens is 782 g/mol. The first-order valence-electron chi connectivity index (χ1n) is 20.7. The van der Waals surface area contributed by atoms with Gasteiger partial charge < -0.3 is 20.4 Å². The summed E-state index contributed by atoms with van der Waals surface area (Å²) in [5.41, 5.74) is 1.83. The van der Waals surface area contributed by atoms with Crippen LogP contribution in [0.3, 0.4) is 0 Å². The van der Waals surface area contributed by atoms with E-state index in [0.717, 1.165) is 49.1 Å². The average molecular weight is 848 g/mol. The summed E-state index contributed by atoms with van der Waals surface area (Å²) in [7, 11) is -0.667. The third-order valence-electron chi connectivity index (χ3n) is 9.14. The number of likely N-dealkylation sites (N-methyl/N-ethyl adjacent to an activating group) is 1. The molecule has 0 saturated heterocycles. The van der Waals surface area contributed by atoms with E-state index in [1.165, 1.54) is 37.4 Å². The number of hydrogen-bond acceptors (Lipinski definition) is 8. The summed E-state index contributed by atoms with van der Waals surface area (Å²) < 4.78 is 39.4. The van der Waals surface area contributed by atoms with Gasteiger partial charge in [-0.25, -0.2) is 27.1 Å². The van der Waals surface area contributed by atoms with Crippen molar-refractivity contribution in [3.05, 3.63) is 120 Å². The fourth-order valence-corrected chi connectivity index (χ4v) is 6.03. The van der Waals surface area contributed by atoms with Gasteiger partial charge in [0.2, 0.25) is 27.8 Å². The zero-order valence-electron chi connectivity index (χ0n) is 36.2. The van der Waals surface area contributed by atoms with Gasteiger partial charge in [0.15, 0.2) is 0 Å². The highest BCUT2D eigenvalue weighted by Gasteiger charge is 2.23. The Bertz CT molecular complexity index is 1940. The first kappa shape index (κ1) is 51.2. The molecule has 0 bridgehead atoms. The second-order valence-corrected chi connectivity index (χ2v) is 16.7. The number of sulfonamides is 1. The first-order chi connectivity index (χ1) is 28.6. The van der Waals surface area contributed by atoms with E-state index in [4.69, 9.17) is 0 Å². The normalized spacial score (nSPS) is 13.7. The average Bonchev–Trinajstić information content (AvgIpc) is 3.20. The van der Waals surface area contributed by atoms with E-state index >= 15 is 0 Å². The maximum absolute atomic E-state index is 13.8. The van der Waals surface area contributed by atoms with Crippen LogP contribution in [0.15, 0.2) is 103 Å². The van der Waals surface area contributed by atoms with Gasteiger partial charge in [0.25, 0.3) is 0 Å². The number of rotatable bonds is 27. The number of nitrogens with one attached hydrogen (secondary N) is 1. The standard InChI is InChI=1S/C47H66FN5O6S/c1-7-8-9-10-11-12-13-14-15-16-17-18-19-20-21-22-23-24-25-26-44(57)52(4)34-33-49-43(56)36-41(55)35-40(54)31-32-42-45(37(2)3)50-47(53(5)60(6,58)59)51-46(42)38-27-29-39(48)30-28-38/h8-9,11-12,14-15,17-18,20-21,23-24,27-32,37,40-41,54-55H,7,10,13,16,19,22,25-26,33-36H2,1-6H3,(H,49,56)/b9-8-,12-11-,15-14-,18-17-,21-20-,24-23-,32-31+/t40-,41-/m1/s1. The van der Waals surface area contributed by atoms with E-state index in [2.05, 4.69) is 83.0 Å². The number of halogens is 1. The van der Waals surface area contributed by atoms with E-state index in [0.29, 0.717) is 41.9 Å². The van der Waals surface area contributed by atoms with Crippen LogP contribution in [0.2, 0.25) is 0 Å². The fourth-order valence-electron chi connectivity index (χ4n) is 5.66. The lowest BCUT2D eigenvalue weighted by molar-refractivity contribution is -0.130. The molecule has 13 heteroatoms. The highest BCUT2D eigenvalue weighted by molar-refractivity contribution is 7.92. The molecule has 0 aliphatic heterocycles. The molecule has 2 atom stereocenters. The fraction of sp³-hybridized carbons (Fsp3) is 0.447. The molecule has 11 nitrogen and oxygen atoms in total. The molecule has 2 aromatic rings. The number of amides is 2. The third-order valence-corrected chi connectivity index (χ3v) is 10.3. The van der Waals surface area contributed by atoms with Gasteiger partial charge in [-0.1, -0.05) is 106 Å². The van der Waals surface area contributed by atoms with E-state index in [1.807, 2.05) is 26.0 Å². The maximum Gasteiger partial charge on any atom is 0.239 e. The SMILES string of the molecule is CC/C=C\C/C=C\C/C=C\C/C=C\C/C=C\C/C=C\CCC(=O)N(C)CCNC(=O)C[C@H](O)C[C@H](O)/C=C/c1c(-c2ccc(F)cc2)nc(N(C)S(C)(=O)=O)nc1C(C)C. The molecule has 3 N–H and O–H groups in total. The third kappa shape index (κ3) is 20.8. The van der Waals surface area contributed by atoms with Gasteiger partial charge in [0.05, 0.1) is 36.3 Å². The van der Waals surface area contributed by atoms with Crippen molar-refractivity contribution in [1.29, 1.82) is 0 Å². The summed E-state index contributed by atoms with van der Waals surface area (Å²) in [5.74, 6) is -1.16. The molecule has 60 heavy (non-hydrogen) atoms. The van der Waals surface area contributed by atoms with Crippen LogP contribution < -0.4 is 9.62 Å². The highest BCUT2D eigenvalue weighted by Crippen LogP contribution is 2.32. The number of aliphatic hydroxyl groups is 2. The minimum absolute atomic E-state index is 0.0376. The van der Waals surface area contributed by atoms with Crippen LogP contribution in [0.4, 0.5) is 10.3 Å². The van der Waals surface area contributed by atoms with Crippen molar-refractivity contribution in [3.63, 3.8) is 0 Å². The monoisotopic (exact) mass is 847 g/mol. The summed E-state index contributed by atoms with van der Waals surface area (Å²) in [4.78, 5) is 35.7. The van der Waals surface area contributed by atoms with Crippen molar-refractivity contribution < 1.29 is 32.6 Å². The van der Waals surface area contributed by atoms with Crippen LogP contribution in [0.25, 0.3) is 17.3 Å². The number of aromatic nitrogens is 2. The Balaban J connectivity index is 1.76. The Morgan fingerprint density at radius 1 is 0.833 bits per heavy atom. The van der Waals surface area contributed by atoms with Crippen LogP contribution in [0, 0.1) is 5.82 Å². The number of aliphatic hydroxyl groups excluding tert-OH is 2. The molecule has 1 aromatic heterocycles. The smallest absolute Gasteiger partial charge is 0.239 e. The predicted molar refractivity (Wildman–Crippen MR) is 243 cm³/mol. The van der Waals surface area contributed by atoms with Crippen LogP contribution in [-0.2, 0) is 19.6 Å². The lowest BCUT2D eigenvalue weighted by Crippen LogP contribution is -2.37. The molecule has 0 unspecified atom stereocenters. The Kier molecular flexibility index (Phi) is 24.3. The molecule has 0 aliphatic rings. The molecule has 0 fully saturated rings. The van der Waals surface area contributed by atoms with Crippen molar-refractivity contribution in [2.75, 3.05) is 37.7 Å². The van der Waals surface area contributed by atoms with Gasteiger partial charge >= 0.3 is 0 Å². The van der Waals surface area contributed by atoms with Crippen LogP contribution in [0.5, 0.6) is 0 Å². The summed E-state index contributed by atoms with van der Waals surface area (Å²) in [6, 6.07) is 5.57. The van der Waals surface area contributed by atoms with Crippen molar-refractivity contribution in [3.8, 4) is 11.3 Å². The number of carbonyl (C=O) groups is 2. The molecule has 1 aromatic carbocycles. The summed E-state index contributed by atoms with van der Waals surface area (Å²) >= 11 is 0. The number of nitrogens with zero attached hydrogens (tertiary/aromatic N) is 4. The number of carbonyl (C=O) groups excluding carboxylic acids is 2. The van der Waals surface area contributed by atoms with Gasteiger partial charge in [0.1, 0.15) is 5.82 Å². The molecule has 328 valence electrons. The summed E-state index contributed by atoms with van der Waals surface area (Å²) in [6.07, 6.45) is 33.7. The van der Waals surface area contributed by atoms with Gasteiger partial charge in [-0.3, -0.25) is 9.59 Å². The lowest BCUT2D eigenvalue weighted by atomic mass is 9.97. The Morgan fingerprint density at radius 3 is 1.88 bits per heavy atom. The Hall–Kier alpha value is -4.98. The molecular formula is C47H66FN5O6S. The number of allylic oxidation sites excluding steroid dienone is 12. The van der Waals surface area contributed by atoms with Crippen molar-refractivity contribution in [2.24, 2.45) is 0 Å². The maximum atomic E-state index is 13.8. The second kappa shape index (κ2) is 28.5. The van der Waals surface area contributed by atoms with E-state index in [-0.39, 0.29) is 37.2 Å². The van der Waals surface area contributed by atoms with Crippen molar-refractivity contribution in [1.82, 2.24) is 20.2 Å². The number of anilines is 1. The minimum atomic E-state index is -3.69. The number of benzene rings is 1. The summed E-state index contributed by atoms with van der Waals surface area (Å²) in [5, 5.41) is 24.1. The number of hydrogen-bond donors (Lipinski definition) is 3. The molecule has 0 spiro atoms. The molecule has 2 rings (SSSR count). The largest absolute Gasteiger partial charge is 0.392 e. The minimum Gasteiger partial charge on any atom is -0.392 e. The predicted octanol–water partition coefficient (Wildman–Crippen LogP) is 8.37. The van der Waals surface area contributed by atoms with E-state index < -0.39 is 34.0 Å². The van der Waals surface area contributed by atoms with Gasteiger partial charge in [-0.15, -0.1) is 0 Å². The molecule has 2 amide bonds. The van der Waals surface area contributed by atoms with E-state index in [1.54, 1.807) is 18.0 Å². The van der Waals surface area contributed by atoms with E-state index in [9.17, 15) is 32.6 Å². The topological polar surface area (TPSA) is 153 Å². The van der Waals surface area contributed by atoms with Crippen LogP contribution in [-0.4, -0.2) is 91.0 Å². The zero-order valence-corrected chi connectivity index (χ0v) is 37.0. The second-order valence-electron chi connectivity index (χ2n) is 14.7. The molecule has 0 radical (unpaired) electrons. The molecule has 1 heterocycles. The molecule has 0 aliphatic carbocycles. The Morgan fingerprint density at radius 2 is 1.37 bits per heavy atom. The van der Waals surface area contributed by atoms with Crippen LogP contribution >= 0.6 is 0 Å². The highest BCUT2D eigenvalue weighted by atomic mass is 32.2.